The summed E-state index contributed by atoms with van der Waals surface area (Å²) in [5.41, 5.74) is 8.94. The number of carbonyl (C=O) groups is 1. The van der Waals surface area contributed by atoms with Gasteiger partial charge in [0, 0.05) is 56.0 Å². The molecule has 10 heteroatoms. The Morgan fingerprint density at radius 3 is 2.66 bits per heavy atom. The average molecular weight is 480 g/mol. The van der Waals surface area contributed by atoms with E-state index in [1.807, 2.05) is 19.9 Å². The van der Waals surface area contributed by atoms with Gasteiger partial charge in [-0.25, -0.2) is 23.7 Å². The first-order valence-corrected chi connectivity index (χ1v) is 11.3. The molecule has 8 nitrogen and oxygen atoms in total. The Bertz CT molecular complexity index is 1320. The van der Waals surface area contributed by atoms with Crippen LogP contribution in [0.5, 0.6) is 0 Å². The van der Waals surface area contributed by atoms with E-state index in [1.165, 1.54) is 0 Å². The van der Waals surface area contributed by atoms with Crippen LogP contribution in [-0.4, -0.2) is 45.1 Å². The van der Waals surface area contributed by atoms with Crippen LogP contribution in [0.25, 0.3) is 11.3 Å². The molecule has 0 saturated heterocycles. The standard InChI is InChI=1S/C25H27F2N7O/c1-13(2)23(29-4)17-9-16(10-18(26)22(17)28)24-19(27)11-30-25(33-24)32-21-6-5-15-12-34(14(3)35)8-7-20(15)31-21/h5-6,9-11,13H,7-8,12,28H2,1-4H3,(H,30,31,32,33). The van der Waals surface area contributed by atoms with Crippen LogP contribution in [0.4, 0.5) is 26.2 Å². The van der Waals surface area contributed by atoms with Crippen molar-refractivity contribution in [3.8, 4) is 11.3 Å². The zero-order chi connectivity index (χ0) is 25.3. The quantitative estimate of drug-likeness (QED) is 0.421. The van der Waals surface area contributed by atoms with Crippen molar-refractivity contribution in [3.63, 3.8) is 0 Å². The van der Waals surface area contributed by atoms with Crippen molar-refractivity contribution in [2.45, 2.75) is 33.7 Å². The maximum Gasteiger partial charge on any atom is 0.229 e. The maximum absolute atomic E-state index is 14.7. The Balaban J connectivity index is 1.66. The van der Waals surface area contributed by atoms with Crippen LogP contribution in [0.1, 0.15) is 37.6 Å². The van der Waals surface area contributed by atoms with Crippen LogP contribution >= 0.6 is 0 Å². The monoisotopic (exact) mass is 479 g/mol. The molecule has 4 rings (SSSR count). The second-order valence-corrected chi connectivity index (χ2v) is 8.69. The second-order valence-electron chi connectivity index (χ2n) is 8.69. The molecule has 2 aromatic heterocycles. The molecule has 0 spiro atoms. The summed E-state index contributed by atoms with van der Waals surface area (Å²) < 4.78 is 29.4. The number of nitrogens with zero attached hydrogens (tertiary/aromatic N) is 5. The van der Waals surface area contributed by atoms with E-state index in [4.69, 9.17) is 5.73 Å². The van der Waals surface area contributed by atoms with Crippen LogP contribution in [0, 0.1) is 17.6 Å². The smallest absolute Gasteiger partial charge is 0.229 e. The fourth-order valence-electron chi connectivity index (χ4n) is 4.16. The molecule has 35 heavy (non-hydrogen) atoms. The molecule has 0 radical (unpaired) electrons. The lowest BCUT2D eigenvalue weighted by atomic mass is 9.95. The molecule has 0 saturated carbocycles. The summed E-state index contributed by atoms with van der Waals surface area (Å²) in [6.07, 6.45) is 1.66. The van der Waals surface area contributed by atoms with Gasteiger partial charge in [-0.2, -0.15) is 0 Å². The molecule has 182 valence electrons. The van der Waals surface area contributed by atoms with E-state index < -0.39 is 11.6 Å². The Labute approximate surface area is 202 Å². The SMILES string of the molecule is CN=C(c1cc(-c2nc(Nc3ccc4c(n3)CCN(C(C)=O)C4)ncc2F)cc(F)c1N)C(C)C. The number of nitrogens with one attached hydrogen (secondary N) is 1. The second kappa shape index (κ2) is 9.73. The molecule has 3 heterocycles. The Kier molecular flexibility index (Phi) is 6.72. The number of rotatable bonds is 5. The van der Waals surface area contributed by atoms with E-state index in [2.05, 4.69) is 25.3 Å². The molecule has 1 amide bonds. The van der Waals surface area contributed by atoms with Gasteiger partial charge in [0.15, 0.2) is 5.82 Å². The van der Waals surface area contributed by atoms with Gasteiger partial charge in [-0.3, -0.25) is 9.79 Å². The number of pyridine rings is 1. The number of carbonyl (C=O) groups excluding carboxylic acids is 1. The predicted octanol–water partition coefficient (Wildman–Crippen LogP) is 4.12. The third-order valence-corrected chi connectivity index (χ3v) is 5.94. The molecule has 1 aliphatic heterocycles. The summed E-state index contributed by atoms with van der Waals surface area (Å²) >= 11 is 0. The summed E-state index contributed by atoms with van der Waals surface area (Å²) in [7, 11) is 1.61. The zero-order valence-electron chi connectivity index (χ0n) is 20.1. The van der Waals surface area contributed by atoms with Crippen LogP contribution in [-0.2, 0) is 17.8 Å². The van der Waals surface area contributed by atoms with Gasteiger partial charge < -0.3 is 16.0 Å². The van der Waals surface area contributed by atoms with E-state index in [0.29, 0.717) is 36.6 Å². The average Bonchev–Trinajstić information content (AvgIpc) is 2.82. The summed E-state index contributed by atoms with van der Waals surface area (Å²) in [4.78, 5) is 30.6. The summed E-state index contributed by atoms with van der Waals surface area (Å²) in [5.74, 6) is -0.764. The van der Waals surface area contributed by atoms with E-state index in [0.717, 1.165) is 23.5 Å². The van der Waals surface area contributed by atoms with Gasteiger partial charge in [0.1, 0.15) is 17.3 Å². The van der Waals surface area contributed by atoms with Crippen LogP contribution in [0.2, 0.25) is 0 Å². The number of hydrogen-bond acceptors (Lipinski definition) is 7. The van der Waals surface area contributed by atoms with Gasteiger partial charge in [0.05, 0.1) is 11.9 Å². The Morgan fingerprint density at radius 1 is 1.20 bits per heavy atom. The van der Waals surface area contributed by atoms with Gasteiger partial charge in [0.2, 0.25) is 11.9 Å². The van der Waals surface area contributed by atoms with Gasteiger partial charge in [-0.1, -0.05) is 19.9 Å². The molecule has 3 N–H and O–H groups in total. The molecule has 0 unspecified atom stereocenters. The Hall–Kier alpha value is -3.95. The fourth-order valence-corrected chi connectivity index (χ4v) is 4.16. The van der Waals surface area contributed by atoms with E-state index in [-0.39, 0.29) is 34.7 Å². The fraction of sp³-hybridized carbons (Fsp3) is 0.320. The first-order valence-electron chi connectivity index (χ1n) is 11.3. The first kappa shape index (κ1) is 24.2. The number of aromatic nitrogens is 3. The van der Waals surface area contributed by atoms with Gasteiger partial charge in [0.25, 0.3) is 0 Å². The van der Waals surface area contributed by atoms with Crippen molar-refractivity contribution in [1.29, 1.82) is 0 Å². The molecular formula is C25H27F2N7O. The molecular weight excluding hydrogens is 452 g/mol. The molecule has 3 aromatic rings. The predicted molar refractivity (Wildman–Crippen MR) is 131 cm³/mol. The number of halogens is 2. The highest BCUT2D eigenvalue weighted by molar-refractivity contribution is 6.06. The molecule has 0 atom stereocenters. The number of benzene rings is 1. The summed E-state index contributed by atoms with van der Waals surface area (Å²) in [5, 5.41) is 3.00. The Morgan fingerprint density at radius 2 is 1.97 bits per heavy atom. The molecule has 1 aromatic carbocycles. The van der Waals surface area contributed by atoms with Crippen LogP contribution in [0.3, 0.4) is 0 Å². The number of hydrogen-bond donors (Lipinski definition) is 2. The number of fused-ring (bicyclic) bond motifs is 1. The summed E-state index contributed by atoms with van der Waals surface area (Å²) in [6.45, 7) is 6.50. The zero-order valence-corrected chi connectivity index (χ0v) is 20.1. The van der Waals surface area contributed by atoms with E-state index >= 15 is 0 Å². The van der Waals surface area contributed by atoms with Crippen LogP contribution < -0.4 is 11.1 Å². The van der Waals surface area contributed by atoms with Gasteiger partial charge >= 0.3 is 0 Å². The van der Waals surface area contributed by atoms with Crippen molar-refractivity contribution in [2.24, 2.45) is 10.9 Å². The van der Waals surface area contributed by atoms with Crippen molar-refractivity contribution in [1.82, 2.24) is 19.9 Å². The van der Waals surface area contributed by atoms with Crippen molar-refractivity contribution < 1.29 is 13.6 Å². The lowest BCUT2D eigenvalue weighted by Gasteiger charge is -2.27. The molecule has 1 aliphatic rings. The molecule has 0 fully saturated rings. The van der Waals surface area contributed by atoms with Crippen molar-refractivity contribution in [3.05, 3.63) is 58.9 Å². The minimum atomic E-state index is -0.701. The summed E-state index contributed by atoms with van der Waals surface area (Å²) in [6, 6.07) is 6.39. The number of amides is 1. The van der Waals surface area contributed by atoms with E-state index in [9.17, 15) is 13.6 Å². The highest BCUT2D eigenvalue weighted by Crippen LogP contribution is 2.30. The van der Waals surface area contributed by atoms with Gasteiger partial charge in [-0.15, -0.1) is 0 Å². The lowest BCUT2D eigenvalue weighted by Crippen LogP contribution is -2.34. The van der Waals surface area contributed by atoms with E-state index in [1.54, 1.807) is 31.0 Å². The lowest BCUT2D eigenvalue weighted by molar-refractivity contribution is -0.129. The van der Waals surface area contributed by atoms with Gasteiger partial charge in [-0.05, 0) is 29.7 Å². The molecule has 0 bridgehead atoms. The number of anilines is 3. The number of nitrogens with two attached hydrogens (primary N) is 1. The number of nitrogen functional groups attached to an aromatic ring is 1. The molecule has 0 aliphatic carbocycles. The maximum atomic E-state index is 14.7. The largest absolute Gasteiger partial charge is 0.396 e. The first-order chi connectivity index (χ1) is 16.7. The van der Waals surface area contributed by atoms with Crippen LogP contribution in [0.15, 0.2) is 35.5 Å². The minimum absolute atomic E-state index is 0.0120. The third-order valence-electron chi connectivity index (χ3n) is 5.94. The van der Waals surface area contributed by atoms with Crippen molar-refractivity contribution >= 4 is 29.1 Å². The highest BCUT2D eigenvalue weighted by Gasteiger charge is 2.21. The highest BCUT2D eigenvalue weighted by atomic mass is 19.1. The van der Waals surface area contributed by atoms with Crippen molar-refractivity contribution in [2.75, 3.05) is 24.6 Å². The normalized spacial score (nSPS) is 13.7. The topological polar surface area (TPSA) is 109 Å². The third kappa shape index (κ3) is 4.96. The minimum Gasteiger partial charge on any atom is -0.396 e. The number of aliphatic imine (C=N–C) groups is 1.